The highest BCUT2D eigenvalue weighted by atomic mass is 32.1. The predicted octanol–water partition coefficient (Wildman–Crippen LogP) is 2.69. The first-order valence-electron chi connectivity index (χ1n) is 8.74. The number of para-hydroxylation sites is 1. The van der Waals surface area contributed by atoms with Crippen LogP contribution in [0.2, 0.25) is 0 Å². The van der Waals surface area contributed by atoms with E-state index in [2.05, 4.69) is 16.2 Å². The van der Waals surface area contributed by atoms with E-state index in [0.29, 0.717) is 17.9 Å². The maximum Gasteiger partial charge on any atom is 0.273 e. The number of hydrogen-bond donors (Lipinski definition) is 3. The molecule has 0 heterocycles. The molecule has 136 valence electrons. The van der Waals surface area contributed by atoms with E-state index in [1.807, 2.05) is 13.0 Å². The smallest absolute Gasteiger partial charge is 0.273 e. The first-order chi connectivity index (χ1) is 12.1. The topological polar surface area (TPSA) is 79.5 Å². The van der Waals surface area contributed by atoms with Gasteiger partial charge in [0.05, 0.1) is 12.2 Å². The fraction of sp³-hybridized carbons (Fsp3) is 0.500. The molecule has 0 bridgehead atoms. The van der Waals surface area contributed by atoms with Crippen molar-refractivity contribution in [3.63, 3.8) is 0 Å². The van der Waals surface area contributed by atoms with Crippen molar-refractivity contribution >= 4 is 29.1 Å². The fourth-order valence-electron chi connectivity index (χ4n) is 2.78. The molecule has 0 atom stereocenters. The van der Waals surface area contributed by atoms with E-state index in [1.165, 1.54) is 6.42 Å². The Balaban J connectivity index is 1.83. The summed E-state index contributed by atoms with van der Waals surface area (Å²) in [6, 6.07) is 6.99. The molecule has 1 fully saturated rings. The molecule has 3 N–H and O–H groups in total. The molecule has 1 saturated carbocycles. The van der Waals surface area contributed by atoms with Crippen LogP contribution in [0.5, 0.6) is 5.75 Å². The zero-order valence-corrected chi connectivity index (χ0v) is 15.3. The van der Waals surface area contributed by atoms with Crippen LogP contribution >= 0.6 is 12.2 Å². The number of carbonyl (C=O) groups excluding carboxylic acids is 2. The van der Waals surface area contributed by atoms with Crippen molar-refractivity contribution in [3.05, 3.63) is 29.8 Å². The van der Waals surface area contributed by atoms with Crippen LogP contribution in [0.4, 0.5) is 0 Å². The van der Waals surface area contributed by atoms with Crippen molar-refractivity contribution in [2.75, 3.05) is 6.61 Å². The molecule has 1 aliphatic carbocycles. The maximum atomic E-state index is 12.3. The summed E-state index contributed by atoms with van der Waals surface area (Å²) in [7, 11) is 0. The number of ether oxygens (including phenoxy) is 1. The third kappa shape index (κ3) is 6.01. The van der Waals surface area contributed by atoms with Gasteiger partial charge in [0.1, 0.15) is 5.75 Å². The Morgan fingerprint density at radius 2 is 1.88 bits per heavy atom. The molecule has 25 heavy (non-hydrogen) atoms. The molecule has 7 heteroatoms. The molecule has 2 rings (SSSR count). The van der Waals surface area contributed by atoms with Gasteiger partial charge in [-0.15, -0.1) is 0 Å². The number of thiocarbonyl (C=S) groups is 1. The fourth-order valence-corrected chi connectivity index (χ4v) is 2.93. The van der Waals surface area contributed by atoms with Crippen molar-refractivity contribution in [1.82, 2.24) is 16.2 Å². The summed E-state index contributed by atoms with van der Waals surface area (Å²) >= 11 is 5.08. The van der Waals surface area contributed by atoms with Crippen LogP contribution in [0.25, 0.3) is 0 Å². The van der Waals surface area contributed by atoms with Crippen LogP contribution < -0.4 is 20.9 Å². The van der Waals surface area contributed by atoms with Gasteiger partial charge in [0.15, 0.2) is 5.11 Å². The van der Waals surface area contributed by atoms with Crippen molar-refractivity contribution in [3.8, 4) is 5.75 Å². The Labute approximate surface area is 153 Å². The van der Waals surface area contributed by atoms with Gasteiger partial charge in [-0.05, 0) is 43.6 Å². The van der Waals surface area contributed by atoms with Gasteiger partial charge in [-0.2, -0.15) is 0 Å². The van der Waals surface area contributed by atoms with E-state index in [-0.39, 0.29) is 22.8 Å². The second-order valence-corrected chi connectivity index (χ2v) is 6.49. The number of rotatable bonds is 5. The van der Waals surface area contributed by atoms with Crippen LogP contribution in [-0.4, -0.2) is 23.5 Å². The van der Waals surface area contributed by atoms with Crippen LogP contribution in [0.3, 0.4) is 0 Å². The first kappa shape index (κ1) is 19.2. The molecule has 0 aliphatic heterocycles. The Hall–Kier alpha value is -2.15. The van der Waals surface area contributed by atoms with Gasteiger partial charge >= 0.3 is 0 Å². The Morgan fingerprint density at radius 3 is 2.60 bits per heavy atom. The molecule has 2 amide bonds. The Kier molecular flexibility index (Phi) is 7.66. The van der Waals surface area contributed by atoms with Gasteiger partial charge in [0, 0.05) is 5.92 Å². The largest absolute Gasteiger partial charge is 0.493 e. The van der Waals surface area contributed by atoms with Gasteiger partial charge < -0.3 is 10.1 Å². The lowest BCUT2D eigenvalue weighted by molar-refractivity contribution is -0.124. The van der Waals surface area contributed by atoms with Gasteiger partial charge in [0.25, 0.3) is 5.91 Å². The number of amides is 2. The van der Waals surface area contributed by atoms with Crippen molar-refractivity contribution in [2.24, 2.45) is 5.92 Å². The molecule has 0 unspecified atom stereocenters. The zero-order chi connectivity index (χ0) is 18.1. The zero-order valence-electron chi connectivity index (χ0n) is 14.5. The van der Waals surface area contributed by atoms with E-state index in [9.17, 15) is 9.59 Å². The van der Waals surface area contributed by atoms with E-state index >= 15 is 0 Å². The second kappa shape index (κ2) is 9.98. The SMILES string of the molecule is CCCOc1ccccc1C(=O)NNC(=S)NC(=O)C1CCCCC1. The van der Waals surface area contributed by atoms with Gasteiger partial charge in [-0.1, -0.05) is 38.3 Å². The minimum absolute atomic E-state index is 0.00683. The highest BCUT2D eigenvalue weighted by molar-refractivity contribution is 7.80. The quantitative estimate of drug-likeness (QED) is 0.554. The Morgan fingerprint density at radius 1 is 1.16 bits per heavy atom. The van der Waals surface area contributed by atoms with Crippen LogP contribution in [0, 0.1) is 5.92 Å². The third-order valence-electron chi connectivity index (χ3n) is 4.10. The maximum absolute atomic E-state index is 12.3. The van der Waals surface area contributed by atoms with Gasteiger partial charge in [-0.25, -0.2) is 0 Å². The molecular weight excluding hydrogens is 338 g/mol. The number of benzene rings is 1. The minimum atomic E-state index is -0.374. The molecule has 0 saturated heterocycles. The predicted molar refractivity (Wildman–Crippen MR) is 100 cm³/mol. The molecule has 0 radical (unpaired) electrons. The molecular formula is C18H25N3O3S. The van der Waals surface area contributed by atoms with Crippen molar-refractivity contribution in [2.45, 2.75) is 45.4 Å². The normalized spacial score (nSPS) is 14.4. The second-order valence-electron chi connectivity index (χ2n) is 6.08. The van der Waals surface area contributed by atoms with Gasteiger partial charge in [0.2, 0.25) is 5.91 Å². The average Bonchev–Trinajstić information content (AvgIpc) is 2.65. The van der Waals surface area contributed by atoms with E-state index in [0.717, 1.165) is 32.1 Å². The summed E-state index contributed by atoms with van der Waals surface area (Å²) in [5.41, 5.74) is 5.48. The summed E-state index contributed by atoms with van der Waals surface area (Å²) in [4.78, 5) is 24.4. The monoisotopic (exact) mass is 363 g/mol. The molecule has 6 nitrogen and oxygen atoms in total. The van der Waals surface area contributed by atoms with Gasteiger partial charge in [-0.3, -0.25) is 20.4 Å². The summed E-state index contributed by atoms with van der Waals surface area (Å²) in [6.07, 6.45) is 5.96. The van der Waals surface area contributed by atoms with Crippen LogP contribution in [0.15, 0.2) is 24.3 Å². The highest BCUT2D eigenvalue weighted by Crippen LogP contribution is 2.23. The summed E-state index contributed by atoms with van der Waals surface area (Å²) in [5, 5.41) is 2.73. The van der Waals surface area contributed by atoms with E-state index in [4.69, 9.17) is 17.0 Å². The lowest BCUT2D eigenvalue weighted by Gasteiger charge is -2.21. The third-order valence-corrected chi connectivity index (χ3v) is 4.30. The van der Waals surface area contributed by atoms with E-state index in [1.54, 1.807) is 18.2 Å². The van der Waals surface area contributed by atoms with Crippen molar-refractivity contribution < 1.29 is 14.3 Å². The lowest BCUT2D eigenvalue weighted by Crippen LogP contribution is -2.49. The van der Waals surface area contributed by atoms with Crippen LogP contribution in [0.1, 0.15) is 55.8 Å². The summed E-state index contributed by atoms with van der Waals surface area (Å²) in [5.74, 6) is 0.0623. The summed E-state index contributed by atoms with van der Waals surface area (Å²) in [6.45, 7) is 2.53. The lowest BCUT2D eigenvalue weighted by atomic mass is 9.89. The number of hydrazine groups is 1. The number of nitrogens with one attached hydrogen (secondary N) is 3. The van der Waals surface area contributed by atoms with Crippen molar-refractivity contribution in [1.29, 1.82) is 0 Å². The standard InChI is InChI=1S/C18H25N3O3S/c1-2-12-24-15-11-7-6-10-14(15)17(23)20-21-18(25)19-16(22)13-8-4-3-5-9-13/h6-7,10-11,13H,2-5,8-9,12H2,1H3,(H,20,23)(H2,19,21,22,25). The minimum Gasteiger partial charge on any atom is -0.493 e. The number of hydrogen-bond acceptors (Lipinski definition) is 4. The first-order valence-corrected chi connectivity index (χ1v) is 9.15. The Bertz CT molecular complexity index is 615. The molecule has 1 aromatic rings. The average molecular weight is 363 g/mol. The molecule has 1 aliphatic rings. The van der Waals surface area contributed by atoms with Crippen LogP contribution in [-0.2, 0) is 4.79 Å². The molecule has 0 aromatic heterocycles. The van der Waals surface area contributed by atoms with E-state index < -0.39 is 0 Å². The summed E-state index contributed by atoms with van der Waals surface area (Å²) < 4.78 is 5.57. The number of carbonyl (C=O) groups is 2. The highest BCUT2D eigenvalue weighted by Gasteiger charge is 2.21. The molecule has 0 spiro atoms. The molecule has 1 aromatic carbocycles.